The highest BCUT2D eigenvalue weighted by atomic mass is 32.2. The molecule has 1 aromatic carbocycles. The summed E-state index contributed by atoms with van der Waals surface area (Å²) in [7, 11) is 1.51. The number of hydrogen-bond donors (Lipinski definition) is 1. The van der Waals surface area contributed by atoms with Gasteiger partial charge in [-0.25, -0.2) is 4.79 Å². The Balaban J connectivity index is 3.10. The number of carbonyl (C=O) groups is 1. The summed E-state index contributed by atoms with van der Waals surface area (Å²) in [4.78, 5) is 21.3. The van der Waals surface area contributed by atoms with E-state index in [2.05, 4.69) is 0 Å². The Morgan fingerprint density at radius 2 is 2.29 bits per heavy atom. The average Bonchev–Trinajstić information content (AvgIpc) is 2.28. The molecule has 6 nitrogen and oxygen atoms in total. The van der Waals surface area contributed by atoms with Gasteiger partial charge in [-0.15, -0.1) is 11.8 Å². The number of nitrogens with zero attached hydrogens (tertiary/aromatic N) is 1. The van der Waals surface area contributed by atoms with Crippen LogP contribution in [0.4, 0.5) is 5.69 Å². The van der Waals surface area contributed by atoms with Crippen molar-refractivity contribution in [1.29, 1.82) is 0 Å². The Morgan fingerprint density at radius 3 is 2.82 bits per heavy atom. The van der Waals surface area contributed by atoms with Gasteiger partial charge in [0.25, 0.3) is 5.69 Å². The van der Waals surface area contributed by atoms with Gasteiger partial charge in [0.05, 0.1) is 22.0 Å². The Hall–Kier alpha value is -1.60. The number of thioether (sulfide) groups is 1. The first kappa shape index (κ1) is 13.5. The van der Waals surface area contributed by atoms with Gasteiger partial charge in [0.1, 0.15) is 0 Å². The number of carboxylic acid groups (broad SMARTS) is 1. The lowest BCUT2D eigenvalue weighted by molar-refractivity contribution is -0.387. The van der Waals surface area contributed by atoms with Crippen LogP contribution < -0.4 is 0 Å². The van der Waals surface area contributed by atoms with Crippen LogP contribution in [-0.4, -0.2) is 35.5 Å². The molecule has 0 radical (unpaired) electrons. The zero-order valence-corrected chi connectivity index (χ0v) is 9.90. The maximum Gasteiger partial charge on any atom is 0.337 e. The van der Waals surface area contributed by atoms with E-state index < -0.39 is 10.9 Å². The van der Waals surface area contributed by atoms with Gasteiger partial charge in [-0.05, 0) is 6.07 Å². The van der Waals surface area contributed by atoms with E-state index in [0.29, 0.717) is 12.4 Å². The molecule has 0 heterocycles. The first-order valence-corrected chi connectivity index (χ1v) is 5.69. The molecule has 1 aromatic rings. The number of ether oxygens (including phenoxy) is 1. The quantitative estimate of drug-likeness (QED) is 0.363. The normalized spacial score (nSPS) is 10.2. The smallest absolute Gasteiger partial charge is 0.337 e. The summed E-state index contributed by atoms with van der Waals surface area (Å²) in [6.45, 7) is 0.399. The van der Waals surface area contributed by atoms with Gasteiger partial charge in [-0.1, -0.05) is 6.07 Å². The number of methoxy groups -OCH3 is 1. The third kappa shape index (κ3) is 3.43. The van der Waals surface area contributed by atoms with Gasteiger partial charge in [0, 0.05) is 18.9 Å². The summed E-state index contributed by atoms with van der Waals surface area (Å²) in [6, 6.07) is 4.01. The molecule has 0 saturated carbocycles. The zero-order chi connectivity index (χ0) is 12.8. The van der Waals surface area contributed by atoms with Gasteiger partial charge in [-0.3, -0.25) is 10.1 Å². The van der Waals surface area contributed by atoms with Gasteiger partial charge >= 0.3 is 5.97 Å². The monoisotopic (exact) mass is 257 g/mol. The third-order valence-electron chi connectivity index (χ3n) is 1.96. The van der Waals surface area contributed by atoms with Crippen molar-refractivity contribution >= 4 is 23.4 Å². The lowest BCUT2D eigenvalue weighted by atomic mass is 10.2. The van der Waals surface area contributed by atoms with Crippen molar-refractivity contribution in [2.24, 2.45) is 0 Å². The first-order valence-electron chi connectivity index (χ1n) is 4.70. The third-order valence-corrected chi connectivity index (χ3v) is 3.04. The largest absolute Gasteiger partial charge is 0.478 e. The summed E-state index contributed by atoms with van der Waals surface area (Å²) < 4.78 is 4.83. The maximum atomic E-state index is 11.0. The number of nitro groups is 1. The van der Waals surface area contributed by atoms with Crippen LogP contribution in [0.25, 0.3) is 0 Å². The molecule has 7 heteroatoms. The predicted molar refractivity (Wildman–Crippen MR) is 62.7 cm³/mol. The maximum absolute atomic E-state index is 11.0. The van der Waals surface area contributed by atoms with Crippen molar-refractivity contribution in [3.63, 3.8) is 0 Å². The fourth-order valence-corrected chi connectivity index (χ4v) is 2.27. The molecule has 0 aromatic heterocycles. The molecule has 0 amide bonds. The average molecular weight is 257 g/mol. The summed E-state index contributed by atoms with van der Waals surface area (Å²) >= 11 is 1.11. The molecular weight excluding hydrogens is 246 g/mol. The second kappa shape index (κ2) is 6.21. The molecule has 0 unspecified atom stereocenters. The molecular formula is C10H11NO5S. The molecule has 0 bridgehead atoms. The van der Waals surface area contributed by atoms with E-state index >= 15 is 0 Å². The van der Waals surface area contributed by atoms with Gasteiger partial charge in [-0.2, -0.15) is 0 Å². The Morgan fingerprint density at radius 1 is 1.59 bits per heavy atom. The summed E-state index contributed by atoms with van der Waals surface area (Å²) in [5, 5.41) is 19.8. The standard InChI is InChI=1S/C10H11NO5S/c1-16-5-6-17-9-7(10(12)13)3-2-4-8(9)11(14)15/h2-4H,5-6H2,1H3,(H,12,13). The molecule has 0 spiro atoms. The van der Waals surface area contributed by atoms with E-state index in [1.807, 2.05) is 0 Å². The van der Waals surface area contributed by atoms with E-state index in [1.54, 1.807) is 0 Å². The lowest BCUT2D eigenvalue weighted by Gasteiger charge is -2.06. The zero-order valence-electron chi connectivity index (χ0n) is 9.08. The van der Waals surface area contributed by atoms with E-state index in [4.69, 9.17) is 9.84 Å². The molecule has 92 valence electrons. The lowest BCUT2D eigenvalue weighted by Crippen LogP contribution is -2.03. The van der Waals surface area contributed by atoms with Crippen molar-refractivity contribution < 1.29 is 19.6 Å². The van der Waals surface area contributed by atoms with Crippen LogP contribution in [0.15, 0.2) is 23.1 Å². The topological polar surface area (TPSA) is 89.7 Å². The minimum Gasteiger partial charge on any atom is -0.478 e. The van der Waals surface area contributed by atoms with Crippen LogP contribution >= 0.6 is 11.8 Å². The molecule has 1 N–H and O–H groups in total. The number of rotatable bonds is 6. The van der Waals surface area contributed by atoms with Gasteiger partial charge in [0.15, 0.2) is 0 Å². The minimum absolute atomic E-state index is 0.0553. The van der Waals surface area contributed by atoms with Crippen molar-refractivity contribution in [1.82, 2.24) is 0 Å². The van der Waals surface area contributed by atoms with E-state index in [1.165, 1.54) is 25.3 Å². The van der Waals surface area contributed by atoms with E-state index in [0.717, 1.165) is 11.8 Å². The van der Waals surface area contributed by atoms with Crippen LogP contribution in [0.3, 0.4) is 0 Å². The van der Waals surface area contributed by atoms with E-state index in [9.17, 15) is 14.9 Å². The Bertz CT molecular complexity index is 402. The first-order chi connectivity index (χ1) is 8.07. The van der Waals surface area contributed by atoms with Crippen LogP contribution in [0, 0.1) is 10.1 Å². The van der Waals surface area contributed by atoms with E-state index in [-0.39, 0.29) is 16.1 Å². The highest BCUT2D eigenvalue weighted by Crippen LogP contribution is 2.32. The predicted octanol–water partition coefficient (Wildman–Crippen LogP) is 2.03. The highest BCUT2D eigenvalue weighted by molar-refractivity contribution is 7.99. The molecule has 0 aliphatic carbocycles. The molecule has 17 heavy (non-hydrogen) atoms. The molecule has 0 saturated heterocycles. The second-order valence-corrected chi connectivity index (χ2v) is 4.16. The van der Waals surface area contributed by atoms with Crippen molar-refractivity contribution in [3.8, 4) is 0 Å². The number of hydrogen-bond acceptors (Lipinski definition) is 5. The summed E-state index contributed by atoms with van der Waals surface area (Å²) in [5.41, 5.74) is -0.244. The van der Waals surface area contributed by atoms with Crippen molar-refractivity contribution in [2.75, 3.05) is 19.5 Å². The second-order valence-electron chi connectivity index (χ2n) is 3.06. The Labute approximate surface area is 102 Å². The summed E-state index contributed by atoms with van der Waals surface area (Å²) in [5.74, 6) is -0.713. The van der Waals surface area contributed by atoms with Crippen LogP contribution in [0.1, 0.15) is 10.4 Å². The molecule has 0 atom stereocenters. The number of benzene rings is 1. The van der Waals surface area contributed by atoms with Gasteiger partial charge < -0.3 is 9.84 Å². The van der Waals surface area contributed by atoms with Gasteiger partial charge in [0.2, 0.25) is 0 Å². The number of aromatic carboxylic acids is 1. The minimum atomic E-state index is -1.17. The molecule has 0 fully saturated rings. The Kier molecular flexibility index (Phi) is 4.92. The highest BCUT2D eigenvalue weighted by Gasteiger charge is 2.21. The molecule has 1 rings (SSSR count). The van der Waals surface area contributed by atoms with Crippen LogP contribution in [-0.2, 0) is 4.74 Å². The fourth-order valence-electron chi connectivity index (χ4n) is 1.22. The number of carboxylic acids is 1. The molecule has 0 aliphatic rings. The number of nitro benzene ring substituents is 1. The van der Waals surface area contributed by atoms with Crippen molar-refractivity contribution in [3.05, 3.63) is 33.9 Å². The summed E-state index contributed by atoms with van der Waals surface area (Å²) in [6.07, 6.45) is 0. The van der Waals surface area contributed by atoms with Crippen LogP contribution in [0.2, 0.25) is 0 Å². The molecule has 0 aliphatic heterocycles. The van der Waals surface area contributed by atoms with Crippen LogP contribution in [0.5, 0.6) is 0 Å². The van der Waals surface area contributed by atoms with Crippen molar-refractivity contribution in [2.45, 2.75) is 4.90 Å². The fraction of sp³-hybridized carbons (Fsp3) is 0.300. The SMILES string of the molecule is COCCSc1c(C(=O)O)cccc1[N+](=O)[O-].